The topological polar surface area (TPSA) is 124 Å². The number of ether oxygens (including phenoxy) is 1. The summed E-state index contributed by atoms with van der Waals surface area (Å²) in [4.78, 5) is 11.4. The Balaban J connectivity index is 1.41. The quantitative estimate of drug-likeness (QED) is 0.422. The number of rotatable bonds is 5. The van der Waals surface area contributed by atoms with E-state index < -0.39 is 45.0 Å². The highest BCUT2D eigenvalue weighted by Gasteiger charge is 2.64. The Bertz CT molecular complexity index is 1260. The molecular weight excluding hydrogens is 473 g/mol. The maximum absolute atomic E-state index is 14.9. The predicted molar refractivity (Wildman–Crippen MR) is 104 cm³/mol. The van der Waals surface area contributed by atoms with Crippen molar-refractivity contribution in [3.8, 4) is 5.75 Å². The molecule has 3 unspecified atom stereocenters. The first-order valence-electron chi connectivity index (χ1n) is 9.56. The lowest BCUT2D eigenvalue weighted by Crippen LogP contribution is -2.42. The summed E-state index contributed by atoms with van der Waals surface area (Å²) < 4.78 is 92.1. The van der Waals surface area contributed by atoms with Gasteiger partial charge in [-0.3, -0.25) is 13.6 Å². The molecule has 0 spiro atoms. The second-order valence-electron chi connectivity index (χ2n) is 7.55. The van der Waals surface area contributed by atoms with Crippen LogP contribution in [0.2, 0.25) is 0 Å². The molecule has 15 heteroatoms. The molecule has 2 aromatic heterocycles. The van der Waals surface area contributed by atoms with Gasteiger partial charge in [0.1, 0.15) is 17.6 Å². The summed E-state index contributed by atoms with van der Waals surface area (Å²) in [6.07, 6.45) is -5.09. The number of nitrogens with zero attached hydrogens (tertiary/aromatic N) is 4. The van der Waals surface area contributed by atoms with E-state index in [4.69, 9.17) is 24.0 Å². The number of imidazole rings is 1. The zero-order valence-electron chi connectivity index (χ0n) is 16.6. The van der Waals surface area contributed by atoms with Crippen molar-refractivity contribution < 1.29 is 40.4 Å². The van der Waals surface area contributed by atoms with Gasteiger partial charge in [-0.15, -0.1) is 0 Å². The highest BCUT2D eigenvalue weighted by atomic mass is 31.2. The van der Waals surface area contributed by atoms with Crippen LogP contribution in [0.5, 0.6) is 5.75 Å². The average Bonchev–Trinajstić information content (AvgIpc) is 3.32. The summed E-state index contributed by atoms with van der Waals surface area (Å²) in [7, 11) is -4.36. The molecule has 33 heavy (non-hydrogen) atoms. The summed E-state index contributed by atoms with van der Waals surface area (Å²) in [6.45, 7) is -1.35. The van der Waals surface area contributed by atoms with E-state index in [1.54, 1.807) is 18.2 Å². The number of nitrogens with two attached hydrogens (primary N) is 1. The Hall–Kier alpha value is -2.80. The number of nitrogen functional groups attached to an aromatic ring is 1. The minimum Gasteiger partial charge on any atom is -0.404 e. The van der Waals surface area contributed by atoms with Gasteiger partial charge in [0.2, 0.25) is 6.23 Å². The van der Waals surface area contributed by atoms with Crippen LogP contribution in [0, 0.1) is 0 Å². The van der Waals surface area contributed by atoms with Crippen LogP contribution in [0.15, 0.2) is 36.9 Å². The van der Waals surface area contributed by atoms with Crippen LogP contribution < -0.4 is 10.3 Å². The monoisotopic (exact) mass is 489 g/mol. The van der Waals surface area contributed by atoms with Crippen molar-refractivity contribution in [2.45, 2.75) is 37.2 Å². The fourth-order valence-electron chi connectivity index (χ4n) is 3.67. The van der Waals surface area contributed by atoms with Crippen molar-refractivity contribution >= 4 is 24.8 Å². The predicted octanol–water partition coefficient (Wildman–Crippen LogP) is 3.70. The smallest absolute Gasteiger partial charge is 0.404 e. The summed E-state index contributed by atoms with van der Waals surface area (Å²) >= 11 is 0. The maximum atomic E-state index is 14.9. The van der Waals surface area contributed by atoms with Gasteiger partial charge in [-0.2, -0.15) is 0 Å². The summed E-state index contributed by atoms with van der Waals surface area (Å²) in [6, 6.07) is 6.44. The summed E-state index contributed by atoms with van der Waals surface area (Å²) in [5.41, 5.74) is 3.30. The number of hydrogen-bond donors (Lipinski definition) is 1. The van der Waals surface area contributed by atoms with Crippen molar-refractivity contribution in [3.63, 3.8) is 0 Å². The van der Waals surface area contributed by atoms with Crippen LogP contribution in [0.25, 0.3) is 11.2 Å². The second kappa shape index (κ2) is 7.62. The lowest BCUT2D eigenvalue weighted by Gasteiger charge is -2.30. The highest BCUT2D eigenvalue weighted by molar-refractivity contribution is 7.49. The Morgan fingerprint density at radius 2 is 2.06 bits per heavy atom. The number of phosphoric ester groups is 1. The molecule has 3 aromatic rings. The highest BCUT2D eigenvalue weighted by Crippen LogP contribution is 2.57. The number of anilines is 1. The van der Waals surface area contributed by atoms with E-state index in [1.165, 1.54) is 6.07 Å². The van der Waals surface area contributed by atoms with Crippen molar-refractivity contribution in [3.05, 3.63) is 42.5 Å². The number of aromatic nitrogens is 4. The first-order chi connectivity index (χ1) is 15.6. The van der Waals surface area contributed by atoms with E-state index in [2.05, 4.69) is 15.0 Å². The fraction of sp³-hybridized carbons (Fsp3) is 0.389. The van der Waals surface area contributed by atoms with Gasteiger partial charge in [-0.1, -0.05) is 18.2 Å². The molecule has 0 bridgehead atoms. The van der Waals surface area contributed by atoms with Gasteiger partial charge >= 0.3 is 7.82 Å². The normalized spacial score (nSPS) is 28.7. The Kier molecular flexibility index (Phi) is 5.08. The summed E-state index contributed by atoms with van der Waals surface area (Å²) in [5, 5.41) is 0. The largest absolute Gasteiger partial charge is 0.530 e. The zero-order valence-corrected chi connectivity index (χ0v) is 17.5. The van der Waals surface area contributed by atoms with Gasteiger partial charge in [0.15, 0.2) is 17.1 Å². The Morgan fingerprint density at radius 1 is 1.27 bits per heavy atom. The first-order valence-corrected chi connectivity index (χ1v) is 11.0. The van der Waals surface area contributed by atoms with E-state index in [9.17, 15) is 22.1 Å². The minimum absolute atomic E-state index is 0.00908. The van der Waals surface area contributed by atoms with E-state index in [0.29, 0.717) is 5.56 Å². The van der Waals surface area contributed by atoms with Gasteiger partial charge < -0.3 is 15.0 Å². The lowest BCUT2D eigenvalue weighted by molar-refractivity contribution is -0.180. The standard InChI is InChI=1S/C18H16F4N5O5P/c19-15(20)17(7-30-33(28)29-5-10-3-1-2-4-11(10)32-33)6-18(21,22)16(31-17)27-9-26-12-13(23)24-8-25-14(12)27/h1-4,8-9,15-16H,5-7H2,(H2,23,24,25). The summed E-state index contributed by atoms with van der Waals surface area (Å²) in [5.74, 6) is -3.69. The SMILES string of the molecule is Nc1ncnc2c1ncn2C1OC(COP2(=O)OCc3ccccc3O2)(C(F)F)CC1(F)F. The molecule has 2 aliphatic heterocycles. The molecule has 0 saturated carbocycles. The molecule has 0 amide bonds. The van der Waals surface area contributed by atoms with Crippen LogP contribution in [0.4, 0.5) is 23.4 Å². The van der Waals surface area contributed by atoms with Crippen LogP contribution in [0.1, 0.15) is 18.2 Å². The number of halogens is 4. The van der Waals surface area contributed by atoms with Crippen LogP contribution in [0.3, 0.4) is 0 Å². The third kappa shape index (κ3) is 3.72. The van der Waals surface area contributed by atoms with E-state index in [-0.39, 0.29) is 29.3 Å². The molecule has 1 aromatic carbocycles. The molecular formula is C18H16F4N5O5P. The van der Waals surface area contributed by atoms with Crippen LogP contribution >= 0.6 is 7.82 Å². The van der Waals surface area contributed by atoms with Gasteiger partial charge in [0, 0.05) is 5.56 Å². The van der Waals surface area contributed by atoms with E-state index in [0.717, 1.165) is 17.2 Å². The second-order valence-corrected chi connectivity index (χ2v) is 9.14. The molecule has 176 valence electrons. The minimum atomic E-state index is -4.36. The van der Waals surface area contributed by atoms with Crippen molar-refractivity contribution in [2.24, 2.45) is 0 Å². The lowest BCUT2D eigenvalue weighted by atomic mass is 10.00. The average molecular weight is 489 g/mol. The fourth-order valence-corrected chi connectivity index (χ4v) is 4.95. The van der Waals surface area contributed by atoms with Crippen molar-refractivity contribution in [1.29, 1.82) is 0 Å². The molecule has 10 nitrogen and oxygen atoms in total. The van der Waals surface area contributed by atoms with Crippen LogP contribution in [-0.2, 0) is 25.0 Å². The van der Waals surface area contributed by atoms with Gasteiger partial charge in [-0.25, -0.2) is 37.1 Å². The third-order valence-corrected chi connectivity index (χ3v) is 6.62. The van der Waals surface area contributed by atoms with Crippen molar-refractivity contribution in [1.82, 2.24) is 19.5 Å². The number of para-hydroxylation sites is 1. The van der Waals surface area contributed by atoms with Crippen molar-refractivity contribution in [2.75, 3.05) is 12.3 Å². The van der Waals surface area contributed by atoms with E-state index in [1.807, 2.05) is 0 Å². The number of hydrogen-bond acceptors (Lipinski definition) is 9. The third-order valence-electron chi connectivity index (χ3n) is 5.31. The molecule has 0 radical (unpaired) electrons. The molecule has 1 saturated heterocycles. The molecule has 0 aliphatic carbocycles. The number of phosphoric acid groups is 1. The van der Waals surface area contributed by atoms with E-state index >= 15 is 0 Å². The molecule has 4 heterocycles. The molecule has 1 fully saturated rings. The van der Waals surface area contributed by atoms with Crippen LogP contribution in [-0.4, -0.2) is 44.1 Å². The number of alkyl halides is 4. The Labute approximate surface area is 183 Å². The maximum Gasteiger partial charge on any atom is 0.530 e. The Morgan fingerprint density at radius 3 is 2.85 bits per heavy atom. The van der Waals surface area contributed by atoms with Gasteiger partial charge in [0.25, 0.3) is 12.3 Å². The van der Waals surface area contributed by atoms with Gasteiger partial charge in [-0.05, 0) is 6.07 Å². The molecule has 3 atom stereocenters. The molecule has 5 rings (SSSR count). The molecule has 2 aliphatic rings. The molecule has 2 N–H and O–H groups in total. The zero-order chi connectivity index (χ0) is 23.4. The number of benzene rings is 1. The number of fused-ring (bicyclic) bond motifs is 2. The first kappa shape index (κ1) is 22.0. The van der Waals surface area contributed by atoms with Gasteiger partial charge in [0.05, 0.1) is 26.0 Å².